The van der Waals surface area contributed by atoms with Crippen LogP contribution in [0.4, 0.5) is 0 Å². The second-order valence-electron chi connectivity index (χ2n) is 6.10. The van der Waals surface area contributed by atoms with Crippen molar-refractivity contribution in [3.63, 3.8) is 0 Å². The van der Waals surface area contributed by atoms with E-state index in [2.05, 4.69) is 15.5 Å². The number of para-hydroxylation sites is 1. The van der Waals surface area contributed by atoms with E-state index in [1.165, 1.54) is 11.8 Å². The number of benzene rings is 2. The molecule has 7 heteroatoms. The standard InChI is InChI=1S/C19H21N5OS/c1-15(2)23(13-16-9-5-3-6-10-16)18(25)14-26-19-20-21-22-24(19)17-11-7-4-8-12-17/h3-12,15H,13-14H2,1-2H3. The summed E-state index contributed by atoms with van der Waals surface area (Å²) in [6.07, 6.45) is 0. The van der Waals surface area contributed by atoms with E-state index in [-0.39, 0.29) is 17.7 Å². The first-order valence-electron chi connectivity index (χ1n) is 8.45. The fourth-order valence-corrected chi connectivity index (χ4v) is 3.33. The molecule has 0 N–H and O–H groups in total. The summed E-state index contributed by atoms with van der Waals surface area (Å²) in [5.41, 5.74) is 1.99. The third-order valence-electron chi connectivity index (χ3n) is 3.91. The minimum atomic E-state index is 0.0662. The molecule has 1 aromatic heterocycles. The van der Waals surface area contributed by atoms with Gasteiger partial charge >= 0.3 is 0 Å². The molecule has 0 atom stereocenters. The van der Waals surface area contributed by atoms with Crippen molar-refractivity contribution in [3.05, 3.63) is 66.2 Å². The zero-order chi connectivity index (χ0) is 18.4. The van der Waals surface area contributed by atoms with Crippen LogP contribution in [0.25, 0.3) is 5.69 Å². The number of tetrazole rings is 1. The maximum absolute atomic E-state index is 12.8. The fraction of sp³-hybridized carbons (Fsp3) is 0.263. The van der Waals surface area contributed by atoms with Gasteiger partial charge < -0.3 is 4.90 Å². The van der Waals surface area contributed by atoms with Gasteiger partial charge in [0.15, 0.2) is 0 Å². The normalized spacial score (nSPS) is 10.9. The summed E-state index contributed by atoms with van der Waals surface area (Å²) in [5.74, 6) is 0.356. The van der Waals surface area contributed by atoms with Crippen LogP contribution in [0.3, 0.4) is 0 Å². The molecule has 0 bridgehead atoms. The predicted octanol–water partition coefficient (Wildman–Crippen LogP) is 3.19. The molecule has 0 radical (unpaired) electrons. The van der Waals surface area contributed by atoms with Crippen molar-refractivity contribution in [2.75, 3.05) is 5.75 Å². The highest BCUT2D eigenvalue weighted by Gasteiger charge is 2.19. The van der Waals surface area contributed by atoms with E-state index in [1.807, 2.05) is 79.4 Å². The molecule has 0 spiro atoms. The zero-order valence-corrected chi connectivity index (χ0v) is 15.6. The summed E-state index contributed by atoms with van der Waals surface area (Å²) < 4.78 is 1.65. The van der Waals surface area contributed by atoms with E-state index in [4.69, 9.17) is 0 Å². The number of aromatic nitrogens is 4. The quantitative estimate of drug-likeness (QED) is 0.600. The summed E-state index contributed by atoms with van der Waals surface area (Å²) in [5, 5.41) is 12.4. The highest BCUT2D eigenvalue weighted by atomic mass is 32.2. The summed E-state index contributed by atoms with van der Waals surface area (Å²) >= 11 is 1.35. The number of carbonyl (C=O) groups excluding carboxylic acids is 1. The maximum Gasteiger partial charge on any atom is 0.233 e. The Morgan fingerprint density at radius 3 is 2.38 bits per heavy atom. The smallest absolute Gasteiger partial charge is 0.233 e. The van der Waals surface area contributed by atoms with Gasteiger partial charge in [-0.05, 0) is 42.0 Å². The molecule has 134 valence electrons. The second-order valence-corrected chi connectivity index (χ2v) is 7.04. The van der Waals surface area contributed by atoms with Gasteiger partial charge in [0, 0.05) is 12.6 Å². The molecular formula is C19H21N5OS. The number of carbonyl (C=O) groups is 1. The molecule has 1 heterocycles. The molecule has 0 saturated carbocycles. The minimum absolute atomic E-state index is 0.0662. The van der Waals surface area contributed by atoms with Crippen molar-refractivity contribution in [2.24, 2.45) is 0 Å². The molecule has 3 aromatic rings. The van der Waals surface area contributed by atoms with Crippen LogP contribution in [-0.4, -0.2) is 42.8 Å². The number of hydrogen-bond acceptors (Lipinski definition) is 5. The van der Waals surface area contributed by atoms with Gasteiger partial charge in [-0.1, -0.05) is 60.3 Å². The van der Waals surface area contributed by atoms with Crippen LogP contribution in [0.5, 0.6) is 0 Å². The average molecular weight is 367 g/mol. The van der Waals surface area contributed by atoms with Crippen molar-refractivity contribution >= 4 is 17.7 Å². The van der Waals surface area contributed by atoms with E-state index in [0.29, 0.717) is 11.7 Å². The molecule has 2 aromatic carbocycles. The first-order valence-corrected chi connectivity index (χ1v) is 9.43. The Labute approximate surface area is 157 Å². The molecule has 0 fully saturated rings. The Morgan fingerprint density at radius 2 is 1.73 bits per heavy atom. The highest BCUT2D eigenvalue weighted by Crippen LogP contribution is 2.19. The Bertz CT molecular complexity index is 835. The number of thioether (sulfide) groups is 1. The van der Waals surface area contributed by atoms with Crippen molar-refractivity contribution in [1.29, 1.82) is 0 Å². The topological polar surface area (TPSA) is 63.9 Å². The van der Waals surface area contributed by atoms with Crippen LogP contribution in [-0.2, 0) is 11.3 Å². The number of rotatable bonds is 7. The SMILES string of the molecule is CC(C)N(Cc1ccccc1)C(=O)CSc1nnnn1-c1ccccc1. The van der Waals surface area contributed by atoms with Gasteiger partial charge in [-0.2, -0.15) is 4.68 Å². The lowest BCUT2D eigenvalue weighted by atomic mass is 10.2. The Kier molecular flexibility index (Phi) is 6.01. The molecule has 0 aliphatic carbocycles. The lowest BCUT2D eigenvalue weighted by Gasteiger charge is -2.26. The summed E-state index contributed by atoms with van der Waals surface area (Å²) in [7, 11) is 0. The lowest BCUT2D eigenvalue weighted by molar-refractivity contribution is -0.130. The minimum Gasteiger partial charge on any atom is -0.335 e. The van der Waals surface area contributed by atoms with Gasteiger partial charge in [-0.25, -0.2) is 0 Å². The number of hydrogen-bond donors (Lipinski definition) is 0. The Hall–Kier alpha value is -2.67. The first-order chi connectivity index (χ1) is 12.6. The maximum atomic E-state index is 12.8. The highest BCUT2D eigenvalue weighted by molar-refractivity contribution is 7.99. The molecular weight excluding hydrogens is 346 g/mol. The van der Waals surface area contributed by atoms with Gasteiger partial charge in [-0.15, -0.1) is 5.10 Å². The van der Waals surface area contributed by atoms with E-state index in [1.54, 1.807) is 4.68 Å². The van der Waals surface area contributed by atoms with Gasteiger partial charge in [-0.3, -0.25) is 4.79 Å². The van der Waals surface area contributed by atoms with Crippen molar-refractivity contribution < 1.29 is 4.79 Å². The molecule has 3 rings (SSSR count). The predicted molar refractivity (Wildman–Crippen MR) is 102 cm³/mol. The monoisotopic (exact) mass is 367 g/mol. The fourth-order valence-electron chi connectivity index (χ4n) is 2.55. The van der Waals surface area contributed by atoms with Gasteiger partial charge in [0.25, 0.3) is 0 Å². The molecule has 0 saturated heterocycles. The van der Waals surface area contributed by atoms with Crippen molar-refractivity contribution in [2.45, 2.75) is 31.6 Å². The van der Waals surface area contributed by atoms with E-state index >= 15 is 0 Å². The molecule has 0 aliphatic heterocycles. The lowest BCUT2D eigenvalue weighted by Crippen LogP contribution is -2.37. The van der Waals surface area contributed by atoms with Gasteiger partial charge in [0.05, 0.1) is 11.4 Å². The molecule has 26 heavy (non-hydrogen) atoms. The summed E-state index contributed by atoms with van der Waals surface area (Å²) in [6, 6.07) is 19.8. The van der Waals surface area contributed by atoms with Crippen LogP contribution in [0, 0.1) is 0 Å². The zero-order valence-electron chi connectivity index (χ0n) is 14.8. The number of nitrogens with zero attached hydrogens (tertiary/aromatic N) is 5. The van der Waals surface area contributed by atoms with Crippen LogP contribution in [0.1, 0.15) is 19.4 Å². The number of amides is 1. The third kappa shape index (κ3) is 4.49. The average Bonchev–Trinajstić information content (AvgIpc) is 3.14. The van der Waals surface area contributed by atoms with E-state index < -0.39 is 0 Å². The Balaban J connectivity index is 1.67. The summed E-state index contributed by atoms with van der Waals surface area (Å²) in [6.45, 7) is 4.65. The second kappa shape index (κ2) is 8.62. The van der Waals surface area contributed by atoms with Crippen molar-refractivity contribution in [3.8, 4) is 5.69 Å². The van der Waals surface area contributed by atoms with Crippen LogP contribution < -0.4 is 0 Å². The van der Waals surface area contributed by atoms with Crippen LogP contribution in [0.2, 0.25) is 0 Å². The first kappa shape index (κ1) is 18.1. The largest absolute Gasteiger partial charge is 0.335 e. The molecule has 1 amide bonds. The molecule has 0 unspecified atom stereocenters. The molecule has 0 aliphatic rings. The third-order valence-corrected chi connectivity index (χ3v) is 4.81. The summed E-state index contributed by atoms with van der Waals surface area (Å²) in [4.78, 5) is 14.6. The van der Waals surface area contributed by atoms with Crippen molar-refractivity contribution in [1.82, 2.24) is 25.1 Å². The van der Waals surface area contributed by atoms with Crippen LogP contribution in [0.15, 0.2) is 65.8 Å². The molecule has 6 nitrogen and oxygen atoms in total. The Morgan fingerprint density at radius 1 is 1.08 bits per heavy atom. The van der Waals surface area contributed by atoms with E-state index in [0.717, 1.165) is 11.3 Å². The van der Waals surface area contributed by atoms with E-state index in [9.17, 15) is 4.79 Å². The van der Waals surface area contributed by atoms with Gasteiger partial charge in [0.2, 0.25) is 11.1 Å². The van der Waals surface area contributed by atoms with Gasteiger partial charge in [0.1, 0.15) is 0 Å². The van der Waals surface area contributed by atoms with Crippen LogP contribution >= 0.6 is 11.8 Å².